The molecule has 2 aromatic rings. The minimum Gasteiger partial charge on any atom is -0.312 e. The second-order valence-corrected chi connectivity index (χ2v) is 7.49. The van der Waals surface area contributed by atoms with Gasteiger partial charge in [0.1, 0.15) is 5.01 Å². The summed E-state index contributed by atoms with van der Waals surface area (Å²) >= 11 is 7.19. The number of aromatic nitrogens is 1. The van der Waals surface area contributed by atoms with Crippen molar-refractivity contribution >= 4 is 39.0 Å². The fourth-order valence-electron chi connectivity index (χ4n) is 1.85. The number of nitrogens with zero attached hydrogens (tertiary/aromatic N) is 1. The van der Waals surface area contributed by atoms with E-state index in [2.05, 4.69) is 59.4 Å². The fraction of sp³-hybridized carbons (Fsp3) is 0.400. The van der Waals surface area contributed by atoms with Gasteiger partial charge in [0.2, 0.25) is 0 Å². The van der Waals surface area contributed by atoms with Crippen molar-refractivity contribution in [2.75, 3.05) is 6.54 Å². The zero-order chi connectivity index (χ0) is 14.4. The summed E-state index contributed by atoms with van der Waals surface area (Å²) < 4.78 is 1.13. The first-order chi connectivity index (χ1) is 9.72. The van der Waals surface area contributed by atoms with E-state index in [4.69, 9.17) is 4.98 Å². The summed E-state index contributed by atoms with van der Waals surface area (Å²) in [4.78, 5) is 7.43. The molecule has 2 nitrogen and oxygen atoms in total. The van der Waals surface area contributed by atoms with Gasteiger partial charge < -0.3 is 5.32 Å². The number of halogens is 1. The smallest absolute Gasteiger partial charge is 0.103 e. The molecule has 20 heavy (non-hydrogen) atoms. The Balaban J connectivity index is 2.00. The Bertz CT molecular complexity index is 555. The first-order valence-corrected chi connectivity index (χ1v) is 9.39. The molecule has 108 valence electrons. The highest BCUT2D eigenvalue weighted by molar-refractivity contribution is 9.10. The molecule has 0 atom stereocenters. The van der Waals surface area contributed by atoms with Crippen molar-refractivity contribution in [2.45, 2.75) is 37.5 Å². The summed E-state index contributed by atoms with van der Waals surface area (Å²) in [5.41, 5.74) is 1.25. The average molecular weight is 371 g/mol. The molecule has 1 N–H and O–H groups in total. The van der Waals surface area contributed by atoms with Crippen LogP contribution in [0, 0.1) is 0 Å². The van der Waals surface area contributed by atoms with E-state index >= 15 is 0 Å². The first kappa shape index (κ1) is 16.0. The predicted octanol–water partition coefficient (Wildman–Crippen LogP) is 4.87. The Morgan fingerprint density at radius 3 is 2.90 bits per heavy atom. The zero-order valence-corrected chi connectivity index (χ0v) is 15.0. The molecule has 1 aromatic carbocycles. The Kier molecular flexibility index (Phi) is 6.55. The van der Waals surface area contributed by atoms with Crippen molar-refractivity contribution in [2.24, 2.45) is 0 Å². The summed E-state index contributed by atoms with van der Waals surface area (Å²) in [7, 11) is 0. The number of thiazole rings is 1. The summed E-state index contributed by atoms with van der Waals surface area (Å²) in [6, 6.07) is 8.42. The number of benzene rings is 1. The molecule has 0 aliphatic rings. The second-order valence-electron chi connectivity index (χ2n) is 4.36. The second kappa shape index (κ2) is 8.17. The van der Waals surface area contributed by atoms with Crippen LogP contribution in [0.5, 0.6) is 0 Å². The van der Waals surface area contributed by atoms with Crippen molar-refractivity contribution in [3.63, 3.8) is 0 Å². The van der Waals surface area contributed by atoms with Crippen molar-refractivity contribution in [3.8, 4) is 0 Å². The molecule has 0 amide bonds. The predicted molar refractivity (Wildman–Crippen MR) is 92.6 cm³/mol. The highest BCUT2D eigenvalue weighted by Gasteiger charge is 2.09. The highest BCUT2D eigenvalue weighted by Crippen LogP contribution is 2.28. The molecule has 0 fully saturated rings. The lowest BCUT2D eigenvalue weighted by Gasteiger charge is -1.99. The Hall–Kier alpha value is -0.360. The molecule has 0 aliphatic heterocycles. The minimum atomic E-state index is 0.943. The van der Waals surface area contributed by atoms with Gasteiger partial charge in [0.25, 0.3) is 0 Å². The lowest BCUT2D eigenvalue weighted by molar-refractivity contribution is 0.727. The van der Waals surface area contributed by atoms with Crippen molar-refractivity contribution in [1.29, 1.82) is 0 Å². The van der Waals surface area contributed by atoms with Crippen LogP contribution >= 0.6 is 39.0 Å². The van der Waals surface area contributed by atoms with Crippen molar-refractivity contribution in [1.82, 2.24) is 10.3 Å². The quantitative estimate of drug-likeness (QED) is 0.703. The minimum absolute atomic E-state index is 0.943. The van der Waals surface area contributed by atoms with E-state index in [1.807, 2.05) is 23.1 Å². The van der Waals surface area contributed by atoms with Crippen LogP contribution in [-0.2, 0) is 18.7 Å². The van der Waals surface area contributed by atoms with E-state index in [9.17, 15) is 0 Å². The number of hydrogen-bond donors (Lipinski definition) is 1. The van der Waals surface area contributed by atoms with E-state index in [0.29, 0.717) is 0 Å². The molecule has 5 heteroatoms. The van der Waals surface area contributed by atoms with Gasteiger partial charge in [0.05, 0.1) is 11.4 Å². The molecule has 0 bridgehead atoms. The monoisotopic (exact) mass is 370 g/mol. The summed E-state index contributed by atoms with van der Waals surface area (Å²) in [5, 5.41) is 4.61. The third-order valence-corrected chi connectivity index (χ3v) is 5.63. The van der Waals surface area contributed by atoms with E-state index in [1.54, 1.807) is 0 Å². The fourth-order valence-corrected chi connectivity index (χ4v) is 4.48. The number of aryl methyl sites for hydroxylation is 1. The maximum atomic E-state index is 4.77. The molecule has 0 aliphatic carbocycles. The number of nitrogens with one attached hydrogen (secondary N) is 1. The Morgan fingerprint density at radius 2 is 2.20 bits per heavy atom. The van der Waals surface area contributed by atoms with Crippen LogP contribution in [0.2, 0.25) is 0 Å². The number of hydrogen-bond acceptors (Lipinski definition) is 4. The van der Waals surface area contributed by atoms with E-state index in [-0.39, 0.29) is 0 Å². The van der Waals surface area contributed by atoms with Crippen molar-refractivity contribution < 1.29 is 0 Å². The van der Waals surface area contributed by atoms with Crippen LogP contribution in [-0.4, -0.2) is 11.5 Å². The Morgan fingerprint density at radius 1 is 1.35 bits per heavy atom. The van der Waals surface area contributed by atoms with E-state index in [0.717, 1.165) is 29.7 Å². The Labute approximate surface area is 137 Å². The molecular formula is C15H19BrN2S2. The maximum absolute atomic E-state index is 4.77. The largest absolute Gasteiger partial charge is 0.312 e. The molecule has 0 unspecified atom stereocenters. The van der Waals surface area contributed by atoms with Gasteiger partial charge in [0, 0.05) is 20.8 Å². The zero-order valence-electron chi connectivity index (χ0n) is 11.8. The van der Waals surface area contributed by atoms with Gasteiger partial charge in [-0.25, -0.2) is 4.98 Å². The molecule has 0 saturated heterocycles. The lowest BCUT2D eigenvalue weighted by atomic mass is 10.3. The van der Waals surface area contributed by atoms with Gasteiger partial charge in [-0.15, -0.1) is 23.1 Å². The molecule has 1 heterocycles. The van der Waals surface area contributed by atoms with Gasteiger partial charge in [0.15, 0.2) is 0 Å². The van der Waals surface area contributed by atoms with E-state index in [1.165, 1.54) is 20.5 Å². The average Bonchev–Trinajstić information content (AvgIpc) is 2.85. The van der Waals surface area contributed by atoms with Crippen LogP contribution in [0.1, 0.15) is 29.4 Å². The number of thioether (sulfide) groups is 1. The highest BCUT2D eigenvalue weighted by atomic mass is 79.9. The summed E-state index contributed by atoms with van der Waals surface area (Å²) in [6.45, 7) is 6.26. The lowest BCUT2D eigenvalue weighted by Crippen LogP contribution is -2.11. The summed E-state index contributed by atoms with van der Waals surface area (Å²) in [5.74, 6) is 0.945. The summed E-state index contributed by atoms with van der Waals surface area (Å²) in [6.07, 6.45) is 1.01. The number of rotatable bonds is 7. The van der Waals surface area contributed by atoms with Crippen LogP contribution in [0.25, 0.3) is 0 Å². The maximum Gasteiger partial charge on any atom is 0.103 e. The molecule has 1 aromatic heterocycles. The third kappa shape index (κ3) is 4.58. The topological polar surface area (TPSA) is 24.9 Å². The van der Waals surface area contributed by atoms with Gasteiger partial charge in [-0.3, -0.25) is 0 Å². The van der Waals surface area contributed by atoms with Crippen LogP contribution < -0.4 is 5.32 Å². The van der Waals surface area contributed by atoms with Gasteiger partial charge >= 0.3 is 0 Å². The van der Waals surface area contributed by atoms with Gasteiger partial charge in [-0.05, 0) is 31.2 Å². The molecule has 0 saturated carbocycles. The molecule has 0 spiro atoms. The van der Waals surface area contributed by atoms with Crippen LogP contribution in [0.4, 0.5) is 0 Å². The first-order valence-electron chi connectivity index (χ1n) is 6.79. The van der Waals surface area contributed by atoms with Crippen molar-refractivity contribution in [3.05, 3.63) is 44.3 Å². The molecule has 2 rings (SSSR count). The standard InChI is InChI=1S/C15H19BrN2S2/c1-3-13-14(9-17-4-2)20-15(18-13)10-19-12-7-5-6-11(16)8-12/h5-8,17H,3-4,9-10H2,1-2H3. The normalized spacial score (nSPS) is 10.9. The molecule has 0 radical (unpaired) electrons. The van der Waals surface area contributed by atoms with Crippen LogP contribution in [0.15, 0.2) is 33.6 Å². The molecular weight excluding hydrogens is 352 g/mol. The van der Waals surface area contributed by atoms with Gasteiger partial charge in [-0.1, -0.05) is 35.8 Å². The third-order valence-electron chi connectivity index (χ3n) is 2.85. The van der Waals surface area contributed by atoms with Gasteiger partial charge in [-0.2, -0.15) is 0 Å². The van der Waals surface area contributed by atoms with Crippen LogP contribution in [0.3, 0.4) is 0 Å². The SMILES string of the molecule is CCNCc1sc(CSc2cccc(Br)c2)nc1CC. The van der Waals surface area contributed by atoms with E-state index < -0.39 is 0 Å².